The Hall–Kier alpha value is -0.930. The number of allylic oxidation sites excluding steroid dienone is 2. The van der Waals surface area contributed by atoms with Crippen LogP contribution in [-0.2, 0) is 0 Å². The van der Waals surface area contributed by atoms with Crippen molar-refractivity contribution in [3.05, 3.63) is 24.6 Å². The van der Waals surface area contributed by atoms with Crippen LogP contribution in [0.5, 0.6) is 0 Å². The molecule has 1 aliphatic rings. The van der Waals surface area contributed by atoms with Gasteiger partial charge in [0, 0.05) is 11.4 Å². The van der Waals surface area contributed by atoms with Crippen molar-refractivity contribution in [3.8, 4) is 0 Å². The van der Waals surface area contributed by atoms with Gasteiger partial charge in [-0.25, -0.2) is 0 Å². The van der Waals surface area contributed by atoms with Crippen molar-refractivity contribution in [1.29, 1.82) is 0 Å². The molecule has 0 bridgehead atoms. The Kier molecular flexibility index (Phi) is 3.65. The molecule has 17 heavy (non-hydrogen) atoms. The minimum Gasteiger partial charge on any atom is -0.338 e. The zero-order valence-corrected chi connectivity index (χ0v) is 10.7. The zero-order valence-electron chi connectivity index (χ0n) is 10.7. The number of rotatable bonds is 2. The fourth-order valence-electron chi connectivity index (χ4n) is 2.22. The van der Waals surface area contributed by atoms with Crippen LogP contribution in [-0.4, -0.2) is 17.1 Å². The highest BCUT2D eigenvalue weighted by Gasteiger charge is 2.47. The van der Waals surface area contributed by atoms with Crippen LogP contribution in [0.25, 0.3) is 0 Å². The molecule has 1 atom stereocenters. The molecular weight excluding hydrogens is 227 g/mol. The molecule has 1 fully saturated rings. The Morgan fingerprint density at radius 3 is 2.29 bits per heavy atom. The third-order valence-corrected chi connectivity index (χ3v) is 2.81. The molecule has 98 valence electrons. The molecule has 0 N–H and O–H groups in total. The first kappa shape index (κ1) is 14.1. The maximum atomic E-state index is 12.9. The number of hydrogen-bond donors (Lipinski definition) is 0. The Bertz CT molecular complexity index is 323. The van der Waals surface area contributed by atoms with E-state index in [1.165, 1.54) is 4.90 Å². The Morgan fingerprint density at radius 2 is 1.88 bits per heavy atom. The summed E-state index contributed by atoms with van der Waals surface area (Å²) < 4.78 is 38.6. The normalized spacial score (nSPS) is 22.1. The molecule has 0 radical (unpaired) electrons. The molecular formula is C13H20F3N. The maximum absolute atomic E-state index is 12.9. The molecule has 1 rings (SSSR count). The van der Waals surface area contributed by atoms with Gasteiger partial charge < -0.3 is 4.90 Å². The molecule has 0 saturated carbocycles. The smallest absolute Gasteiger partial charge is 0.338 e. The maximum Gasteiger partial charge on any atom is 0.409 e. The lowest BCUT2D eigenvalue weighted by Crippen LogP contribution is -2.40. The molecule has 0 aromatic heterocycles. The standard InChI is InChI=1S/C13H20F3N/c1-9-6-7-11(13(14,15)16)17(9)10(2)8-12(3,4)5/h11H,1-2,6-8H2,3-5H3. The third-order valence-electron chi connectivity index (χ3n) is 2.81. The predicted molar refractivity (Wildman–Crippen MR) is 63.3 cm³/mol. The van der Waals surface area contributed by atoms with Crippen molar-refractivity contribution >= 4 is 0 Å². The van der Waals surface area contributed by atoms with E-state index in [-0.39, 0.29) is 11.8 Å². The largest absolute Gasteiger partial charge is 0.409 e. The van der Waals surface area contributed by atoms with Crippen molar-refractivity contribution in [1.82, 2.24) is 4.90 Å². The summed E-state index contributed by atoms with van der Waals surface area (Å²) >= 11 is 0. The van der Waals surface area contributed by atoms with E-state index in [2.05, 4.69) is 13.2 Å². The van der Waals surface area contributed by atoms with Crippen LogP contribution < -0.4 is 0 Å². The van der Waals surface area contributed by atoms with Crippen molar-refractivity contribution in [3.63, 3.8) is 0 Å². The van der Waals surface area contributed by atoms with E-state index in [4.69, 9.17) is 0 Å². The Balaban J connectivity index is 2.86. The summed E-state index contributed by atoms with van der Waals surface area (Å²) in [6.07, 6.45) is -3.18. The minimum atomic E-state index is -4.21. The first-order valence-corrected chi connectivity index (χ1v) is 5.74. The number of halogens is 3. The summed E-state index contributed by atoms with van der Waals surface area (Å²) in [6, 6.07) is -1.44. The molecule has 0 amide bonds. The second kappa shape index (κ2) is 4.39. The minimum absolute atomic E-state index is 0.0733. The lowest BCUT2D eigenvalue weighted by atomic mass is 9.90. The third kappa shape index (κ3) is 3.51. The van der Waals surface area contributed by atoms with Gasteiger partial charge in [0.15, 0.2) is 0 Å². The van der Waals surface area contributed by atoms with Crippen LogP contribution in [0, 0.1) is 5.41 Å². The Morgan fingerprint density at radius 1 is 1.35 bits per heavy atom. The molecule has 1 unspecified atom stereocenters. The highest BCUT2D eigenvalue weighted by Crippen LogP contribution is 2.41. The summed E-state index contributed by atoms with van der Waals surface area (Å²) in [7, 11) is 0. The molecule has 0 aromatic rings. The van der Waals surface area contributed by atoms with Gasteiger partial charge in [-0.1, -0.05) is 33.9 Å². The molecule has 1 aliphatic heterocycles. The highest BCUT2D eigenvalue weighted by molar-refractivity contribution is 5.17. The van der Waals surface area contributed by atoms with Crippen LogP contribution in [0.1, 0.15) is 40.0 Å². The van der Waals surface area contributed by atoms with Gasteiger partial charge in [-0.3, -0.25) is 0 Å². The van der Waals surface area contributed by atoms with E-state index >= 15 is 0 Å². The summed E-state index contributed by atoms with van der Waals surface area (Å²) in [4.78, 5) is 1.28. The molecule has 0 aliphatic carbocycles. The van der Waals surface area contributed by atoms with Gasteiger partial charge in [-0.2, -0.15) is 13.2 Å². The second-order valence-electron chi connectivity index (χ2n) is 5.84. The molecule has 0 spiro atoms. The monoisotopic (exact) mass is 247 g/mol. The quantitative estimate of drug-likeness (QED) is 0.695. The average molecular weight is 247 g/mol. The van der Waals surface area contributed by atoms with Gasteiger partial charge >= 0.3 is 6.18 Å². The topological polar surface area (TPSA) is 3.24 Å². The van der Waals surface area contributed by atoms with Crippen LogP contribution in [0.15, 0.2) is 24.6 Å². The lowest BCUT2D eigenvalue weighted by Gasteiger charge is -2.33. The van der Waals surface area contributed by atoms with E-state index < -0.39 is 12.2 Å². The summed E-state index contributed by atoms with van der Waals surface area (Å²) in [6.45, 7) is 13.5. The van der Waals surface area contributed by atoms with Gasteiger partial charge in [-0.05, 0) is 24.7 Å². The zero-order chi connectivity index (χ0) is 13.4. The van der Waals surface area contributed by atoms with Gasteiger partial charge in [0.2, 0.25) is 0 Å². The predicted octanol–water partition coefficient (Wildman–Crippen LogP) is 4.48. The number of likely N-dealkylation sites (tertiary alicyclic amines) is 1. The summed E-state index contributed by atoms with van der Waals surface area (Å²) in [5.41, 5.74) is 0.972. The Labute approximate surface area is 101 Å². The van der Waals surface area contributed by atoms with Gasteiger partial charge in [-0.15, -0.1) is 0 Å². The van der Waals surface area contributed by atoms with E-state index in [1.54, 1.807) is 0 Å². The van der Waals surface area contributed by atoms with E-state index in [1.807, 2.05) is 20.8 Å². The number of alkyl halides is 3. The van der Waals surface area contributed by atoms with Gasteiger partial charge in [0.25, 0.3) is 0 Å². The molecule has 0 aromatic carbocycles. The average Bonchev–Trinajstić information content (AvgIpc) is 2.42. The first-order chi connectivity index (χ1) is 7.52. The van der Waals surface area contributed by atoms with E-state index in [9.17, 15) is 13.2 Å². The van der Waals surface area contributed by atoms with Crippen LogP contribution in [0.2, 0.25) is 0 Å². The van der Waals surface area contributed by atoms with Crippen LogP contribution in [0.4, 0.5) is 13.2 Å². The summed E-state index contributed by atoms with van der Waals surface area (Å²) in [5, 5.41) is 0. The first-order valence-electron chi connectivity index (χ1n) is 5.74. The van der Waals surface area contributed by atoms with Crippen LogP contribution >= 0.6 is 0 Å². The fourth-order valence-corrected chi connectivity index (χ4v) is 2.22. The SMILES string of the molecule is C=C1CCC(C(F)(F)F)N1C(=C)CC(C)(C)C. The molecule has 4 heteroatoms. The lowest BCUT2D eigenvalue weighted by molar-refractivity contribution is -0.169. The second-order valence-corrected chi connectivity index (χ2v) is 5.84. The van der Waals surface area contributed by atoms with E-state index in [0.29, 0.717) is 24.2 Å². The van der Waals surface area contributed by atoms with Crippen molar-refractivity contribution in [2.24, 2.45) is 5.41 Å². The highest BCUT2D eigenvalue weighted by atomic mass is 19.4. The van der Waals surface area contributed by atoms with Gasteiger partial charge in [0.05, 0.1) is 0 Å². The number of hydrogen-bond acceptors (Lipinski definition) is 1. The van der Waals surface area contributed by atoms with Crippen LogP contribution in [0.3, 0.4) is 0 Å². The molecule has 1 nitrogen and oxygen atoms in total. The van der Waals surface area contributed by atoms with E-state index in [0.717, 1.165) is 0 Å². The fraction of sp³-hybridized carbons (Fsp3) is 0.692. The molecule has 1 saturated heterocycles. The van der Waals surface area contributed by atoms with Crippen molar-refractivity contribution in [2.75, 3.05) is 0 Å². The molecule has 1 heterocycles. The van der Waals surface area contributed by atoms with Gasteiger partial charge in [0.1, 0.15) is 6.04 Å². The van der Waals surface area contributed by atoms with Crippen molar-refractivity contribution in [2.45, 2.75) is 52.3 Å². The number of nitrogens with zero attached hydrogens (tertiary/aromatic N) is 1. The van der Waals surface area contributed by atoms with Crippen molar-refractivity contribution < 1.29 is 13.2 Å². The summed E-state index contributed by atoms with van der Waals surface area (Å²) in [5.74, 6) is 0.